The minimum Gasteiger partial charge on any atom is -0.494 e. The fourth-order valence-electron chi connectivity index (χ4n) is 3.29. The summed E-state index contributed by atoms with van der Waals surface area (Å²) in [5, 5.41) is -0.186. The van der Waals surface area contributed by atoms with Crippen molar-refractivity contribution in [3.63, 3.8) is 0 Å². The third-order valence-corrected chi connectivity index (χ3v) is 6.24. The monoisotopic (exact) mass is 399 g/mol. The lowest BCUT2D eigenvalue weighted by Crippen LogP contribution is -2.32. The molecule has 1 saturated heterocycles. The molecule has 0 unspecified atom stereocenters. The number of para-hydroxylation sites is 1. The first kappa shape index (κ1) is 19.9. The van der Waals surface area contributed by atoms with E-state index in [0.717, 1.165) is 17.0 Å². The van der Waals surface area contributed by atoms with Gasteiger partial charge in [0, 0.05) is 0 Å². The first-order valence-electron chi connectivity index (χ1n) is 9.28. The number of rotatable bonds is 6. The molecule has 5 heteroatoms. The number of carbonyl (C=O) groups is 1. The normalized spacial score (nSPS) is 17.1. The van der Waals surface area contributed by atoms with Crippen molar-refractivity contribution in [3.05, 3.63) is 59.2 Å². The molecule has 1 aliphatic rings. The Hall–Kier alpha value is -1.85. The molecule has 3 nitrogen and oxygen atoms in total. The largest absolute Gasteiger partial charge is 0.494 e. The number of carbonyl (C=O) groups excluding carboxylic acids is 1. The third-order valence-electron chi connectivity index (χ3n) is 4.73. The molecule has 0 saturated carbocycles. The molecule has 2 aromatic rings. The maximum atomic E-state index is 13.0. The van der Waals surface area contributed by atoms with Gasteiger partial charge in [0.15, 0.2) is 0 Å². The van der Waals surface area contributed by atoms with Crippen LogP contribution in [0.1, 0.15) is 43.4 Å². The van der Waals surface area contributed by atoms with Crippen molar-refractivity contribution in [2.45, 2.75) is 45.3 Å². The van der Waals surface area contributed by atoms with Crippen molar-refractivity contribution in [2.75, 3.05) is 11.5 Å². The van der Waals surface area contributed by atoms with Crippen LogP contribution in [0.3, 0.4) is 0 Å². The molecule has 0 radical (unpaired) electrons. The standard InChI is InChI=1S/C22H25NO2S2/c1-5-25-19-11-15(4)16(12-18(19)14(2)3)13-20-21(24)23(22(26)27-20)17-9-7-6-8-10-17/h6-12,14,20H,5,13H2,1-4H3/t20-/m0/s1. The SMILES string of the molecule is CCOc1cc(C)c(C[C@@H]2SC(=S)N(c3ccccc3)C2=O)cc1C(C)C. The number of ether oxygens (including phenoxy) is 1. The van der Waals surface area contributed by atoms with Gasteiger partial charge in [0.2, 0.25) is 5.91 Å². The first-order valence-corrected chi connectivity index (χ1v) is 10.6. The molecule has 1 heterocycles. The van der Waals surface area contributed by atoms with Gasteiger partial charge in [-0.25, -0.2) is 0 Å². The quantitative estimate of drug-likeness (QED) is 0.601. The number of hydrogen-bond donors (Lipinski definition) is 0. The zero-order chi connectivity index (χ0) is 19.6. The highest BCUT2D eigenvalue weighted by Gasteiger charge is 2.38. The average molecular weight is 400 g/mol. The summed E-state index contributed by atoms with van der Waals surface area (Å²) in [6, 6.07) is 13.9. The van der Waals surface area contributed by atoms with E-state index in [2.05, 4.69) is 32.9 Å². The topological polar surface area (TPSA) is 29.5 Å². The lowest BCUT2D eigenvalue weighted by Gasteiger charge is -2.19. The number of anilines is 1. The van der Waals surface area contributed by atoms with E-state index < -0.39 is 0 Å². The van der Waals surface area contributed by atoms with E-state index in [0.29, 0.717) is 23.3 Å². The summed E-state index contributed by atoms with van der Waals surface area (Å²) in [6.07, 6.45) is 0.672. The number of thioether (sulfide) groups is 1. The van der Waals surface area contributed by atoms with Gasteiger partial charge in [0.05, 0.1) is 17.5 Å². The Morgan fingerprint density at radius 3 is 2.56 bits per heavy atom. The molecule has 1 amide bonds. The van der Waals surface area contributed by atoms with Gasteiger partial charge in [0.1, 0.15) is 10.1 Å². The average Bonchev–Trinajstić information content (AvgIpc) is 2.91. The molecule has 1 fully saturated rings. The molecule has 0 N–H and O–H groups in total. The summed E-state index contributed by atoms with van der Waals surface area (Å²) in [5.74, 6) is 1.37. The minimum absolute atomic E-state index is 0.0654. The molecule has 2 aromatic carbocycles. The lowest BCUT2D eigenvalue weighted by atomic mass is 9.94. The summed E-state index contributed by atoms with van der Waals surface area (Å²) < 4.78 is 6.44. The van der Waals surface area contributed by atoms with Gasteiger partial charge in [-0.05, 0) is 61.1 Å². The number of thiocarbonyl (C=S) groups is 1. The van der Waals surface area contributed by atoms with Crippen molar-refractivity contribution < 1.29 is 9.53 Å². The summed E-state index contributed by atoms with van der Waals surface area (Å²) >= 11 is 6.98. The van der Waals surface area contributed by atoms with E-state index in [4.69, 9.17) is 17.0 Å². The first-order chi connectivity index (χ1) is 12.9. The highest BCUT2D eigenvalue weighted by molar-refractivity contribution is 8.25. The van der Waals surface area contributed by atoms with Crippen molar-refractivity contribution in [3.8, 4) is 5.75 Å². The number of nitrogens with zero attached hydrogens (tertiary/aromatic N) is 1. The Morgan fingerprint density at radius 1 is 1.22 bits per heavy atom. The molecule has 1 atom stereocenters. The molecule has 142 valence electrons. The van der Waals surface area contributed by atoms with E-state index in [-0.39, 0.29) is 11.2 Å². The number of aryl methyl sites for hydroxylation is 1. The van der Waals surface area contributed by atoms with Gasteiger partial charge in [0.25, 0.3) is 0 Å². The Kier molecular flexibility index (Phi) is 6.22. The summed E-state index contributed by atoms with van der Waals surface area (Å²) in [7, 11) is 0. The lowest BCUT2D eigenvalue weighted by molar-refractivity contribution is -0.116. The molecule has 3 rings (SSSR count). The molecule has 0 aromatic heterocycles. The highest BCUT2D eigenvalue weighted by atomic mass is 32.2. The van der Waals surface area contributed by atoms with Crippen LogP contribution in [-0.2, 0) is 11.2 Å². The van der Waals surface area contributed by atoms with Crippen LogP contribution in [0, 0.1) is 6.92 Å². The summed E-state index contributed by atoms with van der Waals surface area (Å²) in [4.78, 5) is 14.7. The minimum atomic E-state index is -0.186. The molecule has 0 bridgehead atoms. The van der Waals surface area contributed by atoms with Gasteiger partial charge in [-0.2, -0.15) is 0 Å². The van der Waals surface area contributed by atoms with Gasteiger partial charge in [-0.15, -0.1) is 0 Å². The Labute approximate surface area is 171 Å². The van der Waals surface area contributed by atoms with Crippen LogP contribution >= 0.6 is 24.0 Å². The second-order valence-electron chi connectivity index (χ2n) is 6.99. The number of hydrogen-bond acceptors (Lipinski definition) is 4. The Morgan fingerprint density at radius 2 is 1.93 bits per heavy atom. The van der Waals surface area contributed by atoms with Gasteiger partial charge in [-0.1, -0.05) is 62.1 Å². The smallest absolute Gasteiger partial charge is 0.246 e. The second-order valence-corrected chi connectivity index (χ2v) is 8.83. The van der Waals surface area contributed by atoms with Gasteiger partial charge >= 0.3 is 0 Å². The molecular formula is C22H25NO2S2. The second kappa shape index (κ2) is 8.44. The Balaban J connectivity index is 1.86. The van der Waals surface area contributed by atoms with Crippen molar-refractivity contribution in [2.24, 2.45) is 0 Å². The van der Waals surface area contributed by atoms with Crippen LogP contribution in [0.25, 0.3) is 0 Å². The molecule has 0 aliphatic carbocycles. The van der Waals surface area contributed by atoms with Crippen LogP contribution in [0.2, 0.25) is 0 Å². The van der Waals surface area contributed by atoms with Crippen LogP contribution in [0.5, 0.6) is 5.75 Å². The van der Waals surface area contributed by atoms with Crippen molar-refractivity contribution in [1.29, 1.82) is 0 Å². The summed E-state index contributed by atoms with van der Waals surface area (Å²) in [6.45, 7) is 9.06. The van der Waals surface area contributed by atoms with E-state index in [1.54, 1.807) is 4.90 Å². The van der Waals surface area contributed by atoms with Crippen LogP contribution in [0.15, 0.2) is 42.5 Å². The maximum absolute atomic E-state index is 13.0. The zero-order valence-electron chi connectivity index (χ0n) is 16.2. The van der Waals surface area contributed by atoms with E-state index in [9.17, 15) is 4.79 Å². The predicted octanol–water partition coefficient (Wildman–Crippen LogP) is 5.49. The molecule has 1 aliphatic heterocycles. The molecule has 27 heavy (non-hydrogen) atoms. The van der Waals surface area contributed by atoms with Gasteiger partial charge < -0.3 is 4.74 Å². The fraction of sp³-hybridized carbons (Fsp3) is 0.364. The molecule has 0 spiro atoms. The van der Waals surface area contributed by atoms with Crippen LogP contribution < -0.4 is 9.64 Å². The van der Waals surface area contributed by atoms with Crippen LogP contribution in [-0.4, -0.2) is 22.1 Å². The summed E-state index contributed by atoms with van der Waals surface area (Å²) in [5.41, 5.74) is 4.37. The number of amides is 1. The maximum Gasteiger partial charge on any atom is 0.246 e. The number of benzene rings is 2. The van der Waals surface area contributed by atoms with Crippen molar-refractivity contribution in [1.82, 2.24) is 0 Å². The van der Waals surface area contributed by atoms with Crippen LogP contribution in [0.4, 0.5) is 5.69 Å². The predicted molar refractivity (Wildman–Crippen MR) is 118 cm³/mol. The zero-order valence-corrected chi connectivity index (χ0v) is 17.8. The Bertz CT molecular complexity index is 849. The van der Waals surface area contributed by atoms with Gasteiger partial charge in [-0.3, -0.25) is 9.69 Å². The van der Waals surface area contributed by atoms with Crippen molar-refractivity contribution >= 4 is 39.9 Å². The molecular weight excluding hydrogens is 374 g/mol. The highest BCUT2D eigenvalue weighted by Crippen LogP contribution is 2.36. The van der Waals surface area contributed by atoms with E-state index >= 15 is 0 Å². The fourth-order valence-corrected chi connectivity index (χ4v) is 4.85. The van der Waals surface area contributed by atoms with E-state index in [1.165, 1.54) is 22.9 Å². The third kappa shape index (κ3) is 4.19. The van der Waals surface area contributed by atoms with E-state index in [1.807, 2.05) is 37.3 Å².